The van der Waals surface area contributed by atoms with Crippen molar-refractivity contribution in [3.05, 3.63) is 76.1 Å². The molecule has 2 aliphatic rings. The maximum absolute atomic E-state index is 14.8. The molecule has 2 saturated carbocycles. The van der Waals surface area contributed by atoms with Crippen molar-refractivity contribution in [3.63, 3.8) is 0 Å². The van der Waals surface area contributed by atoms with Crippen LogP contribution in [0.1, 0.15) is 99.3 Å². The highest BCUT2D eigenvalue weighted by Gasteiger charge is 2.25. The number of benzene rings is 2. The lowest BCUT2D eigenvalue weighted by Gasteiger charge is -2.27. The van der Waals surface area contributed by atoms with Gasteiger partial charge in [0.05, 0.1) is 6.61 Å². The van der Waals surface area contributed by atoms with Crippen LogP contribution >= 0.6 is 0 Å². The van der Waals surface area contributed by atoms with E-state index in [9.17, 15) is 13.2 Å². The van der Waals surface area contributed by atoms with Crippen LogP contribution in [0.25, 0.3) is 6.08 Å². The molecule has 0 radical (unpaired) electrons. The fraction of sp³-hybridized carbons (Fsp3) is 0.533. The summed E-state index contributed by atoms with van der Waals surface area (Å²) in [4.78, 5) is 0. The predicted molar refractivity (Wildman–Crippen MR) is 132 cm³/mol. The summed E-state index contributed by atoms with van der Waals surface area (Å²) in [5, 5.41) is 0. The van der Waals surface area contributed by atoms with Crippen molar-refractivity contribution in [2.45, 2.75) is 83.7 Å². The summed E-state index contributed by atoms with van der Waals surface area (Å²) in [6.07, 6.45) is 11.4. The minimum atomic E-state index is -0.727. The second-order valence-electron chi connectivity index (χ2n) is 10.3. The first-order valence-corrected chi connectivity index (χ1v) is 13.0. The van der Waals surface area contributed by atoms with Gasteiger partial charge in [0.2, 0.25) is 0 Å². The van der Waals surface area contributed by atoms with Gasteiger partial charge in [-0.3, -0.25) is 0 Å². The molecule has 0 bridgehead atoms. The van der Waals surface area contributed by atoms with Gasteiger partial charge < -0.3 is 4.74 Å². The van der Waals surface area contributed by atoms with Crippen molar-refractivity contribution in [2.24, 2.45) is 11.8 Å². The van der Waals surface area contributed by atoms with E-state index in [2.05, 4.69) is 6.92 Å². The zero-order chi connectivity index (χ0) is 24.1. The molecule has 2 aromatic carbocycles. The third-order valence-corrected chi connectivity index (χ3v) is 7.90. The molecule has 0 aliphatic heterocycles. The van der Waals surface area contributed by atoms with E-state index in [1.807, 2.05) is 25.1 Å². The van der Waals surface area contributed by atoms with Gasteiger partial charge in [-0.2, -0.15) is 0 Å². The zero-order valence-corrected chi connectivity index (χ0v) is 20.5. The number of hydrogen-bond acceptors (Lipinski definition) is 1. The van der Waals surface area contributed by atoms with Crippen LogP contribution in [-0.2, 0) is 11.3 Å². The number of halogens is 3. The van der Waals surface area contributed by atoms with Gasteiger partial charge in [0.25, 0.3) is 0 Å². The maximum Gasteiger partial charge on any atom is 0.166 e. The number of ether oxygens (including phenoxy) is 1. The van der Waals surface area contributed by atoms with E-state index in [4.69, 9.17) is 4.74 Å². The minimum absolute atomic E-state index is 0.132. The maximum atomic E-state index is 14.8. The molecule has 2 fully saturated rings. The van der Waals surface area contributed by atoms with Crippen LogP contribution in [0.3, 0.4) is 0 Å². The molecule has 0 aromatic heterocycles. The highest BCUT2D eigenvalue weighted by molar-refractivity contribution is 5.52. The Morgan fingerprint density at radius 3 is 2.15 bits per heavy atom. The van der Waals surface area contributed by atoms with E-state index < -0.39 is 11.6 Å². The second kappa shape index (κ2) is 11.6. The topological polar surface area (TPSA) is 9.23 Å². The van der Waals surface area contributed by atoms with Crippen molar-refractivity contribution >= 4 is 6.08 Å². The quantitative estimate of drug-likeness (QED) is 0.392. The van der Waals surface area contributed by atoms with Gasteiger partial charge in [-0.15, -0.1) is 0 Å². The summed E-state index contributed by atoms with van der Waals surface area (Å²) in [6, 6.07) is 8.96. The summed E-state index contributed by atoms with van der Waals surface area (Å²) in [5.41, 5.74) is 2.50. The van der Waals surface area contributed by atoms with E-state index >= 15 is 0 Å². The molecule has 184 valence electrons. The van der Waals surface area contributed by atoms with Crippen LogP contribution in [0.5, 0.6) is 0 Å². The first kappa shape index (κ1) is 25.0. The Bertz CT molecular complexity index is 983. The Morgan fingerprint density at radius 1 is 0.824 bits per heavy atom. The summed E-state index contributed by atoms with van der Waals surface area (Å²) >= 11 is 0. The third kappa shape index (κ3) is 5.94. The van der Waals surface area contributed by atoms with Crippen molar-refractivity contribution in [1.82, 2.24) is 0 Å². The van der Waals surface area contributed by atoms with E-state index in [0.717, 1.165) is 62.5 Å². The highest BCUT2D eigenvalue weighted by atomic mass is 19.2. The summed E-state index contributed by atoms with van der Waals surface area (Å²) in [5.74, 6) is -0.230. The number of allylic oxidation sites excluding steroid dienone is 1. The standard InChI is InChI=1S/C30H37F3O/c1-3-34-19-22-9-16-26(28(31)18-22)23-12-6-21(7-13-23)8-14-25-15-17-27(30(33)29(25)32)24-10-4-20(2)5-11-24/h8-9,14-18,20-21,23-24H,3-7,10-13,19H2,1-2H3/b14-8+. The molecule has 34 heavy (non-hydrogen) atoms. The van der Waals surface area contributed by atoms with Crippen LogP contribution in [-0.4, -0.2) is 6.61 Å². The minimum Gasteiger partial charge on any atom is -0.377 e. The van der Waals surface area contributed by atoms with Gasteiger partial charge in [-0.1, -0.05) is 56.2 Å². The first-order chi connectivity index (χ1) is 16.5. The highest BCUT2D eigenvalue weighted by Crippen LogP contribution is 2.39. The average Bonchev–Trinajstić information content (AvgIpc) is 2.85. The van der Waals surface area contributed by atoms with Gasteiger partial charge in [0.15, 0.2) is 11.6 Å². The predicted octanol–water partition coefficient (Wildman–Crippen LogP) is 8.92. The van der Waals surface area contributed by atoms with Crippen LogP contribution in [0.2, 0.25) is 0 Å². The molecular formula is C30H37F3O. The summed E-state index contributed by atoms with van der Waals surface area (Å²) in [6.45, 7) is 5.20. The smallest absolute Gasteiger partial charge is 0.166 e. The molecule has 0 amide bonds. The van der Waals surface area contributed by atoms with Gasteiger partial charge in [0, 0.05) is 12.2 Å². The lowest BCUT2D eigenvalue weighted by atomic mass is 9.78. The average molecular weight is 471 g/mol. The lowest BCUT2D eigenvalue weighted by Crippen LogP contribution is -2.13. The molecule has 4 rings (SSSR count). The Hall–Kier alpha value is -2.07. The Labute approximate surface area is 202 Å². The molecular weight excluding hydrogens is 433 g/mol. The molecule has 2 aromatic rings. The molecule has 0 heterocycles. The van der Waals surface area contributed by atoms with E-state index in [-0.39, 0.29) is 17.7 Å². The van der Waals surface area contributed by atoms with E-state index in [1.165, 1.54) is 0 Å². The van der Waals surface area contributed by atoms with Crippen LogP contribution in [0.15, 0.2) is 36.4 Å². The zero-order valence-electron chi connectivity index (χ0n) is 20.5. The second-order valence-corrected chi connectivity index (χ2v) is 10.3. The van der Waals surface area contributed by atoms with Crippen LogP contribution in [0.4, 0.5) is 13.2 Å². The molecule has 0 atom stereocenters. The largest absolute Gasteiger partial charge is 0.377 e. The van der Waals surface area contributed by atoms with Crippen molar-refractivity contribution in [3.8, 4) is 0 Å². The Balaban J connectivity index is 1.35. The Kier molecular flexibility index (Phi) is 8.52. The monoisotopic (exact) mass is 470 g/mol. The molecule has 0 saturated heterocycles. The van der Waals surface area contributed by atoms with Crippen LogP contribution < -0.4 is 0 Å². The number of hydrogen-bond donors (Lipinski definition) is 0. The molecule has 4 heteroatoms. The summed E-state index contributed by atoms with van der Waals surface area (Å²) in [7, 11) is 0. The molecule has 0 spiro atoms. The molecule has 2 aliphatic carbocycles. The Morgan fingerprint density at radius 2 is 1.47 bits per heavy atom. The van der Waals surface area contributed by atoms with Gasteiger partial charge in [-0.25, -0.2) is 13.2 Å². The normalized spacial score (nSPS) is 25.7. The fourth-order valence-corrected chi connectivity index (χ4v) is 5.67. The van der Waals surface area contributed by atoms with Gasteiger partial charge >= 0.3 is 0 Å². The van der Waals surface area contributed by atoms with Crippen molar-refractivity contribution < 1.29 is 17.9 Å². The first-order valence-electron chi connectivity index (χ1n) is 13.0. The summed E-state index contributed by atoms with van der Waals surface area (Å²) < 4.78 is 49.7. The van der Waals surface area contributed by atoms with Gasteiger partial charge in [-0.05, 0) is 91.9 Å². The van der Waals surface area contributed by atoms with Crippen molar-refractivity contribution in [2.75, 3.05) is 6.61 Å². The molecule has 0 unspecified atom stereocenters. The van der Waals surface area contributed by atoms with E-state index in [1.54, 1.807) is 24.3 Å². The fourth-order valence-electron chi connectivity index (χ4n) is 5.67. The SMILES string of the molecule is CCOCc1ccc(C2CCC(/C=C/c3ccc(C4CCC(C)CC4)c(F)c3F)CC2)c(F)c1. The van der Waals surface area contributed by atoms with E-state index in [0.29, 0.717) is 36.2 Å². The number of rotatable bonds is 7. The lowest BCUT2D eigenvalue weighted by molar-refractivity contribution is 0.134. The van der Waals surface area contributed by atoms with Crippen molar-refractivity contribution in [1.29, 1.82) is 0 Å². The molecule has 1 nitrogen and oxygen atoms in total. The molecule has 0 N–H and O–H groups in total. The third-order valence-electron chi connectivity index (χ3n) is 7.90. The van der Waals surface area contributed by atoms with Crippen LogP contribution in [0, 0.1) is 29.3 Å². The van der Waals surface area contributed by atoms with Gasteiger partial charge in [0.1, 0.15) is 5.82 Å².